The number of anilines is 1. The molecule has 1 aromatic heterocycles. The number of allylic oxidation sites excluding steroid dienone is 5. The molecule has 0 saturated carbocycles. The Morgan fingerprint density at radius 3 is 2.34 bits per heavy atom. The molecule has 1 unspecified atom stereocenters. The van der Waals surface area contributed by atoms with Crippen molar-refractivity contribution in [1.82, 2.24) is 4.98 Å². The molecule has 1 saturated heterocycles. The maximum atomic E-state index is 4.66. The summed E-state index contributed by atoms with van der Waals surface area (Å²) in [7, 11) is 0. The number of aromatic nitrogens is 1. The molecule has 2 heteroatoms. The van der Waals surface area contributed by atoms with Crippen LogP contribution in [0.15, 0.2) is 47.2 Å². The van der Waals surface area contributed by atoms with Crippen molar-refractivity contribution in [1.29, 1.82) is 0 Å². The van der Waals surface area contributed by atoms with Gasteiger partial charge in [0.05, 0.1) is 5.69 Å². The molecule has 0 amide bonds. The molecule has 1 atom stereocenters. The van der Waals surface area contributed by atoms with Crippen LogP contribution in [0.25, 0.3) is 11.6 Å². The van der Waals surface area contributed by atoms with Crippen LogP contribution in [0, 0.1) is 39.5 Å². The Labute approximate surface area is 213 Å². The van der Waals surface area contributed by atoms with Crippen LogP contribution in [0.1, 0.15) is 86.9 Å². The number of rotatable bonds is 4. The molecule has 2 heterocycles. The van der Waals surface area contributed by atoms with E-state index >= 15 is 0 Å². The topological polar surface area (TPSA) is 16.1 Å². The summed E-state index contributed by atoms with van der Waals surface area (Å²) < 4.78 is 0. The van der Waals surface area contributed by atoms with Crippen molar-refractivity contribution in [3.63, 3.8) is 0 Å². The van der Waals surface area contributed by atoms with Crippen molar-refractivity contribution < 1.29 is 0 Å². The molecule has 1 aromatic carbocycles. The van der Waals surface area contributed by atoms with Gasteiger partial charge in [-0.3, -0.25) is 4.98 Å². The van der Waals surface area contributed by atoms with Crippen molar-refractivity contribution in [3.05, 3.63) is 80.7 Å². The second-order valence-electron chi connectivity index (χ2n) is 11.3. The first kappa shape index (κ1) is 25.5. The van der Waals surface area contributed by atoms with Gasteiger partial charge < -0.3 is 4.90 Å². The van der Waals surface area contributed by atoms with Gasteiger partial charge in [-0.1, -0.05) is 54.0 Å². The first-order chi connectivity index (χ1) is 16.7. The first-order valence-electron chi connectivity index (χ1n) is 13.5. The number of hydrogen-bond donors (Lipinski definition) is 0. The van der Waals surface area contributed by atoms with Gasteiger partial charge in [0, 0.05) is 30.5 Å². The summed E-state index contributed by atoms with van der Waals surface area (Å²) in [6.45, 7) is 20.2. The van der Waals surface area contributed by atoms with Crippen molar-refractivity contribution in [2.75, 3.05) is 18.0 Å². The Morgan fingerprint density at radius 2 is 1.69 bits per heavy atom. The van der Waals surface area contributed by atoms with Crippen LogP contribution in [0.5, 0.6) is 0 Å². The molecule has 1 aliphatic carbocycles. The average molecular weight is 469 g/mol. The molecule has 0 spiro atoms. The fourth-order valence-corrected chi connectivity index (χ4v) is 6.08. The molecular formula is C33H44N2. The van der Waals surface area contributed by atoms with E-state index in [-0.39, 0.29) is 0 Å². The number of hydrogen-bond acceptors (Lipinski definition) is 2. The Morgan fingerprint density at radius 1 is 0.971 bits per heavy atom. The molecule has 186 valence electrons. The number of pyridine rings is 1. The van der Waals surface area contributed by atoms with Crippen LogP contribution < -0.4 is 4.90 Å². The molecule has 2 aromatic rings. The largest absolute Gasteiger partial charge is 0.371 e. The van der Waals surface area contributed by atoms with E-state index in [9.17, 15) is 0 Å². The van der Waals surface area contributed by atoms with Crippen LogP contribution in [-0.4, -0.2) is 18.1 Å². The van der Waals surface area contributed by atoms with Crippen LogP contribution in [-0.2, 0) is 0 Å². The fraction of sp³-hybridized carbons (Fsp3) is 0.485. The van der Waals surface area contributed by atoms with Gasteiger partial charge in [-0.15, -0.1) is 0 Å². The maximum absolute atomic E-state index is 4.66. The zero-order valence-electron chi connectivity index (χ0n) is 23.3. The van der Waals surface area contributed by atoms with Gasteiger partial charge in [-0.25, -0.2) is 0 Å². The van der Waals surface area contributed by atoms with Gasteiger partial charge in [0.2, 0.25) is 0 Å². The van der Waals surface area contributed by atoms with E-state index in [2.05, 4.69) is 102 Å². The summed E-state index contributed by atoms with van der Waals surface area (Å²) in [4.78, 5) is 7.29. The lowest BCUT2D eigenvalue weighted by Crippen LogP contribution is -2.36. The quantitative estimate of drug-likeness (QED) is 0.417. The second-order valence-corrected chi connectivity index (χ2v) is 11.3. The molecule has 0 bridgehead atoms. The number of nitrogens with zero attached hydrogens (tertiary/aromatic N) is 2. The second kappa shape index (κ2) is 10.6. The smallest absolute Gasteiger partial charge is 0.0503 e. The van der Waals surface area contributed by atoms with E-state index in [1.165, 1.54) is 51.9 Å². The molecule has 2 aliphatic rings. The molecule has 1 aliphatic heterocycles. The van der Waals surface area contributed by atoms with E-state index in [4.69, 9.17) is 0 Å². The Hall–Kier alpha value is -2.61. The summed E-state index contributed by atoms with van der Waals surface area (Å²) in [6, 6.07) is 7.02. The third-order valence-corrected chi connectivity index (χ3v) is 8.28. The van der Waals surface area contributed by atoms with E-state index in [1.54, 1.807) is 16.7 Å². The number of benzene rings is 1. The Kier molecular flexibility index (Phi) is 7.69. The lowest BCUT2D eigenvalue weighted by molar-refractivity contribution is 0.422. The normalized spacial score (nSPS) is 19.5. The van der Waals surface area contributed by atoms with Crippen molar-refractivity contribution in [3.8, 4) is 0 Å². The molecule has 35 heavy (non-hydrogen) atoms. The van der Waals surface area contributed by atoms with E-state index in [0.717, 1.165) is 31.6 Å². The number of piperidine rings is 1. The summed E-state index contributed by atoms with van der Waals surface area (Å²) in [5, 5.41) is 0. The monoisotopic (exact) mass is 468 g/mol. The minimum absolute atomic E-state index is 0.603. The highest BCUT2D eigenvalue weighted by Gasteiger charge is 2.29. The van der Waals surface area contributed by atoms with Crippen molar-refractivity contribution >= 4 is 17.3 Å². The van der Waals surface area contributed by atoms with Gasteiger partial charge >= 0.3 is 0 Å². The third-order valence-electron chi connectivity index (χ3n) is 8.28. The fourth-order valence-electron chi connectivity index (χ4n) is 6.08. The molecule has 0 N–H and O–H groups in total. The van der Waals surface area contributed by atoms with Crippen LogP contribution in [0.4, 0.5) is 5.69 Å². The SMILES string of the molecule is CC(C)=Cc1c(C)ncc(C)c1N1CCC(C2=CCC(C)=C(c3ccc(C)c(C)c3)CC2C)CC1. The lowest BCUT2D eigenvalue weighted by atomic mass is 9.80. The van der Waals surface area contributed by atoms with Crippen molar-refractivity contribution in [2.24, 2.45) is 11.8 Å². The number of aryl methyl sites for hydroxylation is 4. The van der Waals surface area contributed by atoms with E-state index in [0.29, 0.717) is 11.8 Å². The van der Waals surface area contributed by atoms with Crippen LogP contribution in [0.3, 0.4) is 0 Å². The first-order valence-corrected chi connectivity index (χ1v) is 13.5. The van der Waals surface area contributed by atoms with Gasteiger partial charge in [-0.05, 0) is 114 Å². The summed E-state index contributed by atoms with van der Waals surface area (Å²) in [5.74, 6) is 1.30. The summed E-state index contributed by atoms with van der Waals surface area (Å²) in [5.41, 5.74) is 15.5. The lowest BCUT2D eigenvalue weighted by Gasteiger charge is -2.37. The van der Waals surface area contributed by atoms with E-state index < -0.39 is 0 Å². The minimum Gasteiger partial charge on any atom is -0.371 e. The molecule has 0 radical (unpaired) electrons. The van der Waals surface area contributed by atoms with E-state index in [1.807, 2.05) is 0 Å². The highest BCUT2D eigenvalue weighted by molar-refractivity contribution is 5.73. The van der Waals surface area contributed by atoms with Crippen molar-refractivity contribution in [2.45, 2.75) is 81.1 Å². The predicted octanol–water partition coefficient (Wildman–Crippen LogP) is 8.78. The maximum Gasteiger partial charge on any atom is 0.0503 e. The average Bonchev–Trinajstić information content (AvgIpc) is 2.96. The third kappa shape index (κ3) is 5.47. The van der Waals surface area contributed by atoms with Gasteiger partial charge in [0.1, 0.15) is 0 Å². The van der Waals surface area contributed by atoms with Crippen LogP contribution >= 0.6 is 0 Å². The highest BCUT2D eigenvalue weighted by atomic mass is 15.1. The van der Waals surface area contributed by atoms with Crippen LogP contribution in [0.2, 0.25) is 0 Å². The standard InChI is InChI=1S/C33H44N2/c1-21(2)17-32-27(8)34-20-26(7)33(32)35-15-13-28(14-16-35)30-12-10-23(4)31(19-25(30)6)29-11-9-22(3)24(5)18-29/h9,11-12,17-18,20,25,28H,10,13-16,19H2,1-8H3. The molecular weight excluding hydrogens is 424 g/mol. The molecule has 4 rings (SSSR count). The molecule has 1 fully saturated rings. The predicted molar refractivity (Wildman–Crippen MR) is 153 cm³/mol. The zero-order chi connectivity index (χ0) is 25.3. The summed E-state index contributed by atoms with van der Waals surface area (Å²) >= 11 is 0. The Bertz CT molecular complexity index is 1180. The van der Waals surface area contributed by atoms with Gasteiger partial charge in [0.15, 0.2) is 0 Å². The Balaban J connectivity index is 1.50. The van der Waals surface area contributed by atoms with Gasteiger partial charge in [-0.2, -0.15) is 0 Å². The summed E-state index contributed by atoms with van der Waals surface area (Å²) in [6.07, 6.45) is 11.7. The minimum atomic E-state index is 0.603. The zero-order valence-corrected chi connectivity index (χ0v) is 23.3. The van der Waals surface area contributed by atoms with Gasteiger partial charge in [0.25, 0.3) is 0 Å². The highest BCUT2D eigenvalue weighted by Crippen LogP contribution is 2.41. The molecule has 2 nitrogen and oxygen atoms in total.